The fourth-order valence-electron chi connectivity index (χ4n) is 1.04. The molecule has 0 bridgehead atoms. The lowest BCUT2D eigenvalue weighted by molar-refractivity contribution is -0.108. The summed E-state index contributed by atoms with van der Waals surface area (Å²) in [5.41, 5.74) is 1.79. The third-order valence-corrected chi connectivity index (χ3v) is 2.72. The SMILES string of the molecule is CNc1c(C)csc1C(=O)NC=O. The molecule has 2 N–H and O–H groups in total. The molecule has 0 aliphatic heterocycles. The Morgan fingerprint density at radius 3 is 2.85 bits per heavy atom. The van der Waals surface area contributed by atoms with Crippen LogP contribution in [0.15, 0.2) is 5.38 Å². The van der Waals surface area contributed by atoms with Gasteiger partial charge in [0.2, 0.25) is 6.41 Å². The predicted octanol–water partition coefficient (Wildman–Crippen LogP) is 0.984. The van der Waals surface area contributed by atoms with E-state index >= 15 is 0 Å². The molecule has 13 heavy (non-hydrogen) atoms. The molecule has 0 aliphatic rings. The molecule has 0 radical (unpaired) electrons. The minimum atomic E-state index is -0.363. The maximum Gasteiger partial charge on any atom is 0.269 e. The number of carbonyl (C=O) groups excluding carboxylic acids is 2. The highest BCUT2D eigenvalue weighted by atomic mass is 32.1. The van der Waals surface area contributed by atoms with Gasteiger partial charge in [0.1, 0.15) is 4.88 Å². The minimum Gasteiger partial charge on any atom is -0.387 e. The number of hydrogen-bond donors (Lipinski definition) is 2. The number of imide groups is 1. The molecule has 0 fully saturated rings. The van der Waals surface area contributed by atoms with Crippen molar-refractivity contribution >= 4 is 29.3 Å². The van der Waals surface area contributed by atoms with Crippen LogP contribution in [-0.4, -0.2) is 19.4 Å². The van der Waals surface area contributed by atoms with Gasteiger partial charge in [0.15, 0.2) is 0 Å². The van der Waals surface area contributed by atoms with Gasteiger partial charge in [-0.2, -0.15) is 0 Å². The standard InChI is InChI=1S/C8H10N2O2S/c1-5-3-13-7(6(5)9-2)8(12)10-4-11/h3-4,9H,1-2H3,(H,10,11,12). The first kappa shape index (κ1) is 9.73. The Hall–Kier alpha value is -1.36. The Balaban J connectivity index is 2.99. The van der Waals surface area contributed by atoms with E-state index in [1.54, 1.807) is 7.05 Å². The molecule has 5 heteroatoms. The van der Waals surface area contributed by atoms with Crippen molar-refractivity contribution < 1.29 is 9.59 Å². The fraction of sp³-hybridized carbons (Fsp3) is 0.250. The van der Waals surface area contributed by atoms with E-state index < -0.39 is 0 Å². The monoisotopic (exact) mass is 198 g/mol. The van der Waals surface area contributed by atoms with E-state index in [2.05, 4.69) is 10.6 Å². The average Bonchev–Trinajstić information content (AvgIpc) is 2.47. The molecule has 0 saturated heterocycles. The van der Waals surface area contributed by atoms with Crippen LogP contribution in [0.1, 0.15) is 15.2 Å². The Bertz CT molecular complexity index is 333. The summed E-state index contributed by atoms with van der Waals surface area (Å²) < 4.78 is 0. The van der Waals surface area contributed by atoms with Crippen molar-refractivity contribution in [2.24, 2.45) is 0 Å². The molecular formula is C8H10N2O2S. The number of aryl methyl sites for hydroxylation is 1. The zero-order chi connectivity index (χ0) is 9.84. The van der Waals surface area contributed by atoms with E-state index in [0.29, 0.717) is 11.3 Å². The lowest BCUT2D eigenvalue weighted by Gasteiger charge is -2.01. The van der Waals surface area contributed by atoms with Gasteiger partial charge in [0, 0.05) is 7.05 Å². The highest BCUT2D eigenvalue weighted by Crippen LogP contribution is 2.26. The number of carbonyl (C=O) groups is 2. The summed E-state index contributed by atoms with van der Waals surface area (Å²) in [5, 5.41) is 6.88. The van der Waals surface area contributed by atoms with Crippen LogP contribution < -0.4 is 10.6 Å². The van der Waals surface area contributed by atoms with Gasteiger partial charge in [0.05, 0.1) is 5.69 Å². The van der Waals surface area contributed by atoms with Crippen molar-refractivity contribution in [1.82, 2.24) is 5.32 Å². The molecule has 1 rings (SSSR count). The van der Waals surface area contributed by atoms with Crippen molar-refractivity contribution in [3.8, 4) is 0 Å². The molecule has 1 aromatic rings. The van der Waals surface area contributed by atoms with Crippen molar-refractivity contribution in [3.63, 3.8) is 0 Å². The topological polar surface area (TPSA) is 58.2 Å². The average molecular weight is 198 g/mol. The van der Waals surface area contributed by atoms with Crippen LogP contribution >= 0.6 is 11.3 Å². The van der Waals surface area contributed by atoms with Crippen molar-refractivity contribution in [2.75, 3.05) is 12.4 Å². The van der Waals surface area contributed by atoms with E-state index in [1.165, 1.54) is 11.3 Å². The van der Waals surface area contributed by atoms with E-state index in [9.17, 15) is 9.59 Å². The summed E-state index contributed by atoms with van der Waals surface area (Å²) in [6, 6.07) is 0. The second-order valence-corrected chi connectivity index (χ2v) is 3.34. The van der Waals surface area contributed by atoms with E-state index in [1.807, 2.05) is 12.3 Å². The van der Waals surface area contributed by atoms with Crippen LogP contribution in [0.25, 0.3) is 0 Å². The van der Waals surface area contributed by atoms with Gasteiger partial charge in [-0.15, -0.1) is 11.3 Å². The highest BCUT2D eigenvalue weighted by molar-refractivity contribution is 7.13. The fourth-order valence-corrected chi connectivity index (χ4v) is 2.00. The first-order valence-electron chi connectivity index (χ1n) is 3.71. The van der Waals surface area contributed by atoms with Gasteiger partial charge in [-0.1, -0.05) is 0 Å². The zero-order valence-corrected chi connectivity index (χ0v) is 8.20. The van der Waals surface area contributed by atoms with E-state index in [4.69, 9.17) is 0 Å². The molecule has 0 atom stereocenters. The quantitative estimate of drug-likeness (QED) is 0.712. The second-order valence-electron chi connectivity index (χ2n) is 2.46. The zero-order valence-electron chi connectivity index (χ0n) is 7.38. The number of thiophene rings is 1. The molecule has 2 amide bonds. The van der Waals surface area contributed by atoms with Gasteiger partial charge in [-0.3, -0.25) is 14.9 Å². The molecule has 70 valence electrons. The number of rotatable bonds is 3. The normalized spacial score (nSPS) is 9.38. The molecule has 0 aliphatic carbocycles. The molecule has 1 aromatic heterocycles. The summed E-state index contributed by atoms with van der Waals surface area (Å²) in [4.78, 5) is 21.8. The van der Waals surface area contributed by atoms with Crippen LogP contribution in [0.2, 0.25) is 0 Å². The van der Waals surface area contributed by atoms with Gasteiger partial charge >= 0.3 is 0 Å². The predicted molar refractivity (Wildman–Crippen MR) is 52.1 cm³/mol. The van der Waals surface area contributed by atoms with Gasteiger partial charge in [-0.25, -0.2) is 0 Å². The maximum absolute atomic E-state index is 11.3. The lowest BCUT2D eigenvalue weighted by Crippen LogP contribution is -2.21. The number of amides is 2. The molecule has 4 nitrogen and oxygen atoms in total. The summed E-state index contributed by atoms with van der Waals surface area (Å²) in [5.74, 6) is -0.363. The number of anilines is 1. The smallest absolute Gasteiger partial charge is 0.269 e. The van der Waals surface area contributed by atoms with Crippen molar-refractivity contribution in [1.29, 1.82) is 0 Å². The van der Waals surface area contributed by atoms with Crippen LogP contribution in [0.3, 0.4) is 0 Å². The van der Waals surface area contributed by atoms with Crippen molar-refractivity contribution in [3.05, 3.63) is 15.8 Å². The Morgan fingerprint density at radius 1 is 1.62 bits per heavy atom. The highest BCUT2D eigenvalue weighted by Gasteiger charge is 2.13. The Morgan fingerprint density at radius 2 is 2.31 bits per heavy atom. The molecule has 0 aromatic carbocycles. The molecular weight excluding hydrogens is 188 g/mol. The summed E-state index contributed by atoms with van der Waals surface area (Å²) in [6.07, 6.45) is 0.386. The Kier molecular flexibility index (Phi) is 3.02. The van der Waals surface area contributed by atoms with Gasteiger partial charge in [0.25, 0.3) is 5.91 Å². The minimum absolute atomic E-state index is 0.363. The first-order valence-corrected chi connectivity index (χ1v) is 4.59. The van der Waals surface area contributed by atoms with Gasteiger partial charge in [-0.05, 0) is 17.9 Å². The largest absolute Gasteiger partial charge is 0.387 e. The number of nitrogens with one attached hydrogen (secondary N) is 2. The van der Waals surface area contributed by atoms with Crippen LogP contribution in [0.5, 0.6) is 0 Å². The molecule has 1 heterocycles. The maximum atomic E-state index is 11.3. The first-order chi connectivity index (χ1) is 6.20. The third-order valence-electron chi connectivity index (χ3n) is 1.62. The second kappa shape index (κ2) is 4.04. The number of hydrogen-bond acceptors (Lipinski definition) is 4. The van der Waals surface area contributed by atoms with Crippen LogP contribution in [-0.2, 0) is 4.79 Å². The van der Waals surface area contributed by atoms with Crippen LogP contribution in [0, 0.1) is 6.92 Å². The summed E-state index contributed by atoms with van der Waals surface area (Å²) in [6.45, 7) is 1.90. The van der Waals surface area contributed by atoms with E-state index in [0.717, 1.165) is 11.3 Å². The van der Waals surface area contributed by atoms with Gasteiger partial charge < -0.3 is 5.32 Å². The lowest BCUT2D eigenvalue weighted by atomic mass is 10.2. The van der Waals surface area contributed by atoms with Crippen LogP contribution in [0.4, 0.5) is 5.69 Å². The van der Waals surface area contributed by atoms with E-state index in [-0.39, 0.29) is 5.91 Å². The molecule has 0 saturated carbocycles. The Labute approximate surface area is 80.0 Å². The molecule has 0 spiro atoms. The van der Waals surface area contributed by atoms with Crippen molar-refractivity contribution in [2.45, 2.75) is 6.92 Å². The third kappa shape index (κ3) is 1.86. The molecule has 0 unspecified atom stereocenters. The summed E-state index contributed by atoms with van der Waals surface area (Å²) >= 11 is 1.32. The summed E-state index contributed by atoms with van der Waals surface area (Å²) in [7, 11) is 1.74.